The molecule has 0 unspecified atom stereocenters. The second-order valence-corrected chi connectivity index (χ2v) is 6.50. The van der Waals surface area contributed by atoms with E-state index in [4.69, 9.17) is 9.47 Å². The fourth-order valence-corrected chi connectivity index (χ4v) is 3.10. The van der Waals surface area contributed by atoms with Gasteiger partial charge < -0.3 is 18.9 Å². The zero-order chi connectivity index (χ0) is 18.6. The number of hydrogen-bond donors (Lipinski definition) is 0. The van der Waals surface area contributed by atoms with Gasteiger partial charge in [0.25, 0.3) is 5.91 Å². The summed E-state index contributed by atoms with van der Waals surface area (Å²) in [7, 11) is 1.92. The number of benzene rings is 2. The number of carbonyl (C=O) groups is 1. The van der Waals surface area contributed by atoms with Crippen LogP contribution in [0.25, 0.3) is 0 Å². The molecule has 0 radical (unpaired) electrons. The lowest BCUT2D eigenvalue weighted by molar-refractivity contribution is 0.0437. The second kappa shape index (κ2) is 7.53. The van der Waals surface area contributed by atoms with E-state index in [1.807, 2.05) is 72.4 Å². The van der Waals surface area contributed by atoms with Crippen molar-refractivity contribution >= 4 is 5.91 Å². The van der Waals surface area contributed by atoms with E-state index >= 15 is 0 Å². The van der Waals surface area contributed by atoms with Crippen LogP contribution < -0.4 is 9.47 Å². The van der Waals surface area contributed by atoms with Gasteiger partial charge in [-0.15, -0.1) is 0 Å². The van der Waals surface area contributed by atoms with Crippen LogP contribution in [0, 0.1) is 0 Å². The highest BCUT2D eigenvalue weighted by Crippen LogP contribution is 2.31. The van der Waals surface area contributed by atoms with Crippen molar-refractivity contribution in [2.24, 2.45) is 7.05 Å². The molecule has 1 amide bonds. The Morgan fingerprint density at radius 3 is 2.63 bits per heavy atom. The van der Waals surface area contributed by atoms with Gasteiger partial charge in [-0.3, -0.25) is 4.79 Å². The van der Waals surface area contributed by atoms with Crippen molar-refractivity contribution in [3.63, 3.8) is 0 Å². The molecule has 2 heterocycles. The molecule has 0 bridgehead atoms. The lowest BCUT2D eigenvalue weighted by Gasteiger charge is -2.31. The molecule has 0 fully saturated rings. The number of ether oxygens (including phenoxy) is 2. The first kappa shape index (κ1) is 17.1. The number of rotatable bonds is 5. The van der Waals surface area contributed by atoms with Gasteiger partial charge in [0.2, 0.25) is 0 Å². The van der Waals surface area contributed by atoms with Crippen molar-refractivity contribution in [2.75, 3.05) is 13.2 Å². The number of imidazole rings is 1. The first-order valence-corrected chi connectivity index (χ1v) is 8.90. The average molecular weight is 363 g/mol. The molecule has 0 saturated heterocycles. The lowest BCUT2D eigenvalue weighted by Crippen LogP contribution is -2.43. The SMILES string of the molecule is Cn1ccnc1CN(C[C@@H]1COc2ccccc2O1)C(=O)c1ccccc1. The summed E-state index contributed by atoms with van der Waals surface area (Å²) < 4.78 is 13.8. The minimum atomic E-state index is -0.243. The highest BCUT2D eigenvalue weighted by Gasteiger charge is 2.26. The zero-order valence-corrected chi connectivity index (χ0v) is 15.1. The topological polar surface area (TPSA) is 56.6 Å². The van der Waals surface area contributed by atoms with Gasteiger partial charge in [0.1, 0.15) is 12.4 Å². The molecule has 0 aliphatic carbocycles. The van der Waals surface area contributed by atoms with Gasteiger partial charge in [-0.05, 0) is 24.3 Å². The number of fused-ring (bicyclic) bond motifs is 1. The van der Waals surface area contributed by atoms with Gasteiger partial charge in [-0.25, -0.2) is 4.98 Å². The number of para-hydroxylation sites is 2. The molecule has 27 heavy (non-hydrogen) atoms. The van der Waals surface area contributed by atoms with Crippen LogP contribution in [-0.2, 0) is 13.6 Å². The average Bonchev–Trinajstić information content (AvgIpc) is 3.12. The van der Waals surface area contributed by atoms with Crippen molar-refractivity contribution in [3.05, 3.63) is 78.4 Å². The summed E-state index contributed by atoms with van der Waals surface area (Å²) in [5.41, 5.74) is 0.642. The third kappa shape index (κ3) is 3.79. The highest BCUT2D eigenvalue weighted by atomic mass is 16.6. The third-order valence-corrected chi connectivity index (χ3v) is 4.55. The Labute approximate surface area is 158 Å². The molecule has 6 nitrogen and oxygen atoms in total. The maximum atomic E-state index is 13.1. The highest BCUT2D eigenvalue weighted by molar-refractivity contribution is 5.94. The summed E-state index contributed by atoms with van der Waals surface area (Å²) in [6.45, 7) is 1.21. The second-order valence-electron chi connectivity index (χ2n) is 6.50. The molecule has 138 valence electrons. The van der Waals surface area contributed by atoms with Crippen molar-refractivity contribution in [3.8, 4) is 11.5 Å². The van der Waals surface area contributed by atoms with Crippen LogP contribution in [0.5, 0.6) is 11.5 Å². The van der Waals surface area contributed by atoms with E-state index in [0.29, 0.717) is 31.0 Å². The van der Waals surface area contributed by atoms with E-state index in [9.17, 15) is 4.79 Å². The van der Waals surface area contributed by atoms with E-state index < -0.39 is 0 Å². The molecule has 1 aliphatic rings. The summed E-state index contributed by atoms with van der Waals surface area (Å²) in [6.07, 6.45) is 3.36. The first-order chi connectivity index (χ1) is 13.2. The van der Waals surface area contributed by atoms with Gasteiger partial charge >= 0.3 is 0 Å². The molecule has 4 rings (SSSR count). The molecule has 1 aromatic heterocycles. The molecule has 0 saturated carbocycles. The smallest absolute Gasteiger partial charge is 0.254 e. The van der Waals surface area contributed by atoms with Crippen LogP contribution in [0.2, 0.25) is 0 Å². The normalized spacial score (nSPS) is 15.4. The molecule has 0 spiro atoms. The van der Waals surface area contributed by atoms with Crippen molar-refractivity contribution in [2.45, 2.75) is 12.6 Å². The monoisotopic (exact) mass is 363 g/mol. The lowest BCUT2D eigenvalue weighted by atomic mass is 10.2. The third-order valence-electron chi connectivity index (χ3n) is 4.55. The maximum absolute atomic E-state index is 13.1. The Hall–Kier alpha value is -3.28. The number of nitrogens with zero attached hydrogens (tertiary/aromatic N) is 3. The van der Waals surface area contributed by atoms with Crippen LogP contribution in [0.3, 0.4) is 0 Å². The van der Waals surface area contributed by atoms with Gasteiger partial charge in [0.15, 0.2) is 17.6 Å². The zero-order valence-electron chi connectivity index (χ0n) is 15.1. The first-order valence-electron chi connectivity index (χ1n) is 8.90. The van der Waals surface area contributed by atoms with Crippen LogP contribution in [-0.4, -0.2) is 39.6 Å². The number of aromatic nitrogens is 2. The Balaban J connectivity index is 1.55. The van der Waals surface area contributed by atoms with E-state index in [0.717, 1.165) is 11.6 Å². The Bertz CT molecular complexity index is 923. The number of carbonyl (C=O) groups excluding carboxylic acids is 1. The van der Waals surface area contributed by atoms with Gasteiger partial charge in [-0.1, -0.05) is 30.3 Å². The van der Waals surface area contributed by atoms with Crippen molar-refractivity contribution in [1.29, 1.82) is 0 Å². The number of hydrogen-bond acceptors (Lipinski definition) is 4. The summed E-state index contributed by atoms with van der Waals surface area (Å²) in [5, 5.41) is 0. The van der Waals surface area contributed by atoms with E-state index in [2.05, 4.69) is 4.98 Å². The minimum Gasteiger partial charge on any atom is -0.486 e. The summed E-state index contributed by atoms with van der Waals surface area (Å²) in [4.78, 5) is 19.2. The van der Waals surface area contributed by atoms with Gasteiger partial charge in [0.05, 0.1) is 13.1 Å². The molecule has 2 aromatic carbocycles. The largest absolute Gasteiger partial charge is 0.486 e. The quantitative estimate of drug-likeness (QED) is 0.699. The molecular formula is C21H21N3O3. The molecule has 1 atom stereocenters. The molecule has 6 heteroatoms. The van der Waals surface area contributed by atoms with Crippen molar-refractivity contribution < 1.29 is 14.3 Å². The number of aryl methyl sites for hydroxylation is 1. The predicted molar refractivity (Wildman–Crippen MR) is 101 cm³/mol. The van der Waals surface area contributed by atoms with Crippen LogP contribution in [0.4, 0.5) is 0 Å². The standard InChI is InChI=1S/C21H21N3O3/c1-23-12-11-22-20(23)14-24(21(25)16-7-3-2-4-8-16)13-17-15-26-18-9-5-6-10-19(18)27-17/h2-12,17H,13-15H2,1H3/t17-/m1/s1. The van der Waals surface area contributed by atoms with Crippen molar-refractivity contribution in [1.82, 2.24) is 14.5 Å². The summed E-state index contributed by atoms with van der Waals surface area (Å²) in [5.74, 6) is 2.20. The molecule has 0 N–H and O–H groups in total. The summed E-state index contributed by atoms with van der Waals surface area (Å²) in [6, 6.07) is 16.8. The Morgan fingerprint density at radius 2 is 1.89 bits per heavy atom. The van der Waals surface area contributed by atoms with E-state index in [-0.39, 0.29) is 12.0 Å². The fraction of sp³-hybridized carbons (Fsp3) is 0.238. The Morgan fingerprint density at radius 1 is 1.15 bits per heavy atom. The van der Waals surface area contributed by atoms with Crippen LogP contribution in [0.1, 0.15) is 16.2 Å². The predicted octanol–water partition coefficient (Wildman–Crippen LogP) is 2.90. The van der Waals surface area contributed by atoms with Crippen LogP contribution in [0.15, 0.2) is 67.0 Å². The molecule has 1 aliphatic heterocycles. The number of amides is 1. The molecular weight excluding hydrogens is 342 g/mol. The van der Waals surface area contributed by atoms with Crippen LogP contribution >= 0.6 is 0 Å². The summed E-state index contributed by atoms with van der Waals surface area (Å²) >= 11 is 0. The van der Waals surface area contributed by atoms with E-state index in [1.54, 1.807) is 11.1 Å². The van der Waals surface area contributed by atoms with Gasteiger partial charge in [0, 0.05) is 25.0 Å². The Kier molecular flexibility index (Phi) is 4.78. The maximum Gasteiger partial charge on any atom is 0.254 e. The fourth-order valence-electron chi connectivity index (χ4n) is 3.10. The van der Waals surface area contributed by atoms with E-state index in [1.165, 1.54) is 0 Å². The minimum absolute atomic E-state index is 0.0546. The molecule has 3 aromatic rings. The van der Waals surface area contributed by atoms with Gasteiger partial charge in [-0.2, -0.15) is 0 Å².